The van der Waals surface area contributed by atoms with E-state index in [2.05, 4.69) is 4.98 Å². The van der Waals surface area contributed by atoms with E-state index in [0.717, 1.165) is 0 Å². The van der Waals surface area contributed by atoms with Gasteiger partial charge in [-0.05, 0) is 4.92 Å². The van der Waals surface area contributed by atoms with Gasteiger partial charge in [0.15, 0.2) is 31.3 Å². The van der Waals surface area contributed by atoms with Crippen molar-refractivity contribution in [2.24, 2.45) is 0 Å². The lowest BCUT2D eigenvalue weighted by Gasteiger charge is -2.00. The topological polar surface area (TPSA) is 64.8 Å². The van der Waals surface area contributed by atoms with Crippen molar-refractivity contribution in [2.45, 2.75) is 20.0 Å². The molecule has 96 valence electrons. The summed E-state index contributed by atoms with van der Waals surface area (Å²) in [5.74, 6) is 0.701. The maximum absolute atomic E-state index is 10.8. The molecule has 2 rings (SSSR count). The molecule has 2 heterocycles. The zero-order valence-corrected chi connectivity index (χ0v) is 10.6. The maximum Gasteiger partial charge on any atom is 0.343 e. The van der Waals surface area contributed by atoms with Crippen LogP contribution in [0.3, 0.4) is 0 Å². The molecule has 0 saturated carbocycles. The molecule has 0 aliphatic rings. The first-order valence-electron chi connectivity index (χ1n) is 5.29. The Balaban J connectivity index is 0.00000162. The van der Waals surface area contributed by atoms with Crippen molar-refractivity contribution >= 4 is 5.82 Å². The standard InChI is InChI=1S/C11H13N4O2.ClH/c1-10-12-9-11(15(16)17)14(10)8-7-13-5-3-2-4-6-13;/h2-6,9H,7-8H2,1H3;1H/q+1;/p-1. The van der Waals surface area contributed by atoms with Gasteiger partial charge in [-0.1, -0.05) is 6.07 Å². The third kappa shape index (κ3) is 3.04. The lowest BCUT2D eigenvalue weighted by Crippen LogP contribution is -3.00. The largest absolute Gasteiger partial charge is 1.00 e. The number of aryl methyl sites for hydroxylation is 2. The molecular formula is C11H13ClN4O2. The van der Waals surface area contributed by atoms with Gasteiger partial charge in [-0.15, -0.1) is 0 Å². The van der Waals surface area contributed by atoms with Crippen molar-refractivity contribution < 1.29 is 21.9 Å². The Labute approximate surface area is 110 Å². The highest BCUT2D eigenvalue weighted by atomic mass is 35.5. The van der Waals surface area contributed by atoms with Crippen LogP contribution in [0.2, 0.25) is 0 Å². The second-order valence-corrected chi connectivity index (χ2v) is 3.69. The Morgan fingerprint density at radius 2 is 2.06 bits per heavy atom. The van der Waals surface area contributed by atoms with Gasteiger partial charge in [0.05, 0.1) is 0 Å². The minimum Gasteiger partial charge on any atom is -1.00 e. The van der Waals surface area contributed by atoms with E-state index in [-0.39, 0.29) is 18.2 Å². The highest BCUT2D eigenvalue weighted by molar-refractivity contribution is 5.18. The number of rotatable bonds is 4. The van der Waals surface area contributed by atoms with Crippen LogP contribution in [0.15, 0.2) is 36.8 Å². The van der Waals surface area contributed by atoms with Crippen LogP contribution in [0.1, 0.15) is 5.82 Å². The third-order valence-corrected chi connectivity index (χ3v) is 2.58. The predicted molar refractivity (Wildman–Crippen MR) is 60.3 cm³/mol. The average Bonchev–Trinajstić information content (AvgIpc) is 2.69. The van der Waals surface area contributed by atoms with E-state index in [1.807, 2.05) is 35.2 Å². The Morgan fingerprint density at radius 1 is 1.39 bits per heavy atom. The zero-order valence-electron chi connectivity index (χ0n) is 9.86. The highest BCUT2D eigenvalue weighted by Gasteiger charge is 2.18. The van der Waals surface area contributed by atoms with Gasteiger partial charge in [0, 0.05) is 19.1 Å². The highest BCUT2D eigenvalue weighted by Crippen LogP contribution is 2.12. The number of halogens is 1. The van der Waals surface area contributed by atoms with Gasteiger partial charge < -0.3 is 22.5 Å². The summed E-state index contributed by atoms with van der Waals surface area (Å²) in [6.07, 6.45) is 5.15. The molecule has 0 radical (unpaired) electrons. The van der Waals surface area contributed by atoms with Crippen molar-refractivity contribution in [1.29, 1.82) is 0 Å². The Kier molecular flexibility index (Phi) is 4.79. The number of nitrogens with zero attached hydrogens (tertiary/aromatic N) is 4. The second kappa shape index (κ2) is 6.11. The van der Waals surface area contributed by atoms with E-state index in [0.29, 0.717) is 18.9 Å². The zero-order chi connectivity index (χ0) is 12.3. The molecular weight excluding hydrogens is 256 g/mol. The summed E-state index contributed by atoms with van der Waals surface area (Å²) in [7, 11) is 0. The summed E-state index contributed by atoms with van der Waals surface area (Å²) in [5, 5.41) is 10.8. The molecule has 0 saturated heterocycles. The Hall–Kier alpha value is -1.95. The molecule has 18 heavy (non-hydrogen) atoms. The van der Waals surface area contributed by atoms with Crippen LogP contribution in [0, 0.1) is 17.0 Å². The first kappa shape index (κ1) is 14.1. The molecule has 2 aromatic rings. The van der Waals surface area contributed by atoms with E-state index < -0.39 is 4.92 Å². The van der Waals surface area contributed by atoms with Gasteiger partial charge in [0.25, 0.3) is 0 Å². The van der Waals surface area contributed by atoms with Crippen molar-refractivity contribution in [2.75, 3.05) is 0 Å². The molecule has 7 heteroatoms. The number of hydrogen-bond acceptors (Lipinski definition) is 3. The second-order valence-electron chi connectivity index (χ2n) is 3.69. The van der Waals surface area contributed by atoms with Crippen LogP contribution in [0.4, 0.5) is 5.82 Å². The summed E-state index contributed by atoms with van der Waals surface area (Å²) < 4.78 is 3.59. The molecule has 0 amide bonds. The SMILES string of the molecule is Cc1ncc([N+](=O)[O-])n1CC[n+]1ccccc1.[Cl-]. The Morgan fingerprint density at radius 3 is 2.67 bits per heavy atom. The van der Waals surface area contributed by atoms with Gasteiger partial charge in [0.2, 0.25) is 0 Å². The molecule has 6 nitrogen and oxygen atoms in total. The van der Waals surface area contributed by atoms with Crippen LogP contribution in [-0.4, -0.2) is 14.5 Å². The van der Waals surface area contributed by atoms with Crippen LogP contribution < -0.4 is 17.0 Å². The Bertz CT molecular complexity index is 527. The first-order valence-corrected chi connectivity index (χ1v) is 5.29. The molecule has 0 bridgehead atoms. The van der Waals surface area contributed by atoms with Crippen molar-refractivity contribution in [1.82, 2.24) is 9.55 Å². The van der Waals surface area contributed by atoms with E-state index in [1.54, 1.807) is 11.5 Å². The number of imidazole rings is 1. The molecule has 0 aliphatic carbocycles. The molecule has 0 aromatic carbocycles. The van der Waals surface area contributed by atoms with E-state index in [4.69, 9.17) is 0 Å². The predicted octanol–water partition coefficient (Wildman–Crippen LogP) is -1.91. The summed E-state index contributed by atoms with van der Waals surface area (Å²) in [4.78, 5) is 14.3. The van der Waals surface area contributed by atoms with Gasteiger partial charge in [-0.2, -0.15) is 0 Å². The first-order chi connectivity index (χ1) is 8.18. The summed E-state index contributed by atoms with van der Waals surface area (Å²) in [6.45, 7) is 2.98. The van der Waals surface area contributed by atoms with Crippen LogP contribution >= 0.6 is 0 Å². The number of hydrogen-bond donors (Lipinski definition) is 0. The molecule has 0 atom stereocenters. The molecule has 2 aromatic heterocycles. The van der Waals surface area contributed by atoms with E-state index in [9.17, 15) is 10.1 Å². The van der Waals surface area contributed by atoms with E-state index in [1.165, 1.54) is 6.20 Å². The van der Waals surface area contributed by atoms with Gasteiger partial charge in [-0.3, -0.25) is 0 Å². The van der Waals surface area contributed by atoms with E-state index >= 15 is 0 Å². The summed E-state index contributed by atoms with van der Waals surface area (Å²) >= 11 is 0. The average molecular weight is 269 g/mol. The lowest BCUT2D eigenvalue weighted by atomic mass is 10.4. The molecule has 0 fully saturated rings. The minimum atomic E-state index is -0.407. The molecule has 0 unspecified atom stereocenters. The fourth-order valence-corrected chi connectivity index (χ4v) is 1.68. The van der Waals surface area contributed by atoms with Crippen LogP contribution in [0.5, 0.6) is 0 Å². The normalized spacial score (nSPS) is 9.83. The third-order valence-electron chi connectivity index (χ3n) is 2.58. The smallest absolute Gasteiger partial charge is 0.343 e. The summed E-state index contributed by atoms with van der Waals surface area (Å²) in [6, 6.07) is 5.78. The summed E-state index contributed by atoms with van der Waals surface area (Å²) in [5.41, 5.74) is 0. The number of nitro groups is 1. The van der Waals surface area contributed by atoms with Crippen molar-refractivity contribution in [3.05, 3.63) is 52.7 Å². The quantitative estimate of drug-likeness (QED) is 0.369. The molecule has 0 aliphatic heterocycles. The van der Waals surface area contributed by atoms with Crippen molar-refractivity contribution in [3.8, 4) is 0 Å². The number of aromatic nitrogens is 3. The molecule has 0 spiro atoms. The maximum atomic E-state index is 10.8. The van der Waals surface area contributed by atoms with Crippen molar-refractivity contribution in [3.63, 3.8) is 0 Å². The fraction of sp³-hybridized carbons (Fsp3) is 0.273. The molecule has 0 N–H and O–H groups in total. The van der Waals surface area contributed by atoms with Gasteiger partial charge in [-0.25, -0.2) is 14.1 Å². The number of pyridine rings is 1. The van der Waals surface area contributed by atoms with Gasteiger partial charge in [0.1, 0.15) is 6.20 Å². The lowest BCUT2D eigenvalue weighted by molar-refractivity contribution is -0.698. The fourth-order valence-electron chi connectivity index (χ4n) is 1.68. The van der Waals surface area contributed by atoms with Crippen LogP contribution in [-0.2, 0) is 13.1 Å². The van der Waals surface area contributed by atoms with Gasteiger partial charge >= 0.3 is 5.82 Å². The minimum absolute atomic E-state index is 0. The monoisotopic (exact) mass is 268 g/mol. The van der Waals surface area contributed by atoms with Crippen LogP contribution in [0.25, 0.3) is 0 Å².